The van der Waals surface area contributed by atoms with Gasteiger partial charge in [0.2, 0.25) is 0 Å². The molecule has 0 aromatic heterocycles. The van der Waals surface area contributed by atoms with Crippen molar-refractivity contribution >= 4 is 57.2 Å². The summed E-state index contributed by atoms with van der Waals surface area (Å²) in [6, 6.07) is 41.1. The molecular weight excluding hydrogens is 727 g/mol. The van der Waals surface area contributed by atoms with Gasteiger partial charge in [-0.3, -0.25) is 0 Å². The van der Waals surface area contributed by atoms with Gasteiger partial charge in [-0.05, 0) is 109 Å². The Morgan fingerprint density at radius 3 is 1.46 bits per heavy atom. The number of hydrogen-bond acceptors (Lipinski definition) is 6. The van der Waals surface area contributed by atoms with Gasteiger partial charge in [0.25, 0.3) is 6.71 Å². The van der Waals surface area contributed by atoms with E-state index in [9.17, 15) is 0 Å². The predicted molar refractivity (Wildman–Crippen MR) is 244 cm³/mol. The van der Waals surface area contributed by atoms with Crippen LogP contribution in [-0.2, 0) is 16.2 Å². The molecule has 0 N–H and O–H groups in total. The van der Waals surface area contributed by atoms with Gasteiger partial charge in [-0.25, -0.2) is 0 Å². The number of rotatable bonds is 3. The highest BCUT2D eigenvalue weighted by Crippen LogP contribution is 2.49. The first kappa shape index (κ1) is 37.5. The minimum absolute atomic E-state index is 0.0299. The van der Waals surface area contributed by atoms with Crippen molar-refractivity contribution in [3.8, 4) is 34.1 Å². The van der Waals surface area contributed by atoms with Crippen LogP contribution in [0, 0.1) is 0 Å². The third-order valence-electron chi connectivity index (χ3n) is 12.5. The number of nitrogens with zero attached hydrogens (tertiary/aromatic N) is 2. The first-order chi connectivity index (χ1) is 28.1. The second kappa shape index (κ2) is 13.4. The van der Waals surface area contributed by atoms with Crippen LogP contribution in [0.15, 0.2) is 109 Å². The van der Waals surface area contributed by atoms with Crippen molar-refractivity contribution in [1.82, 2.24) is 0 Å². The van der Waals surface area contributed by atoms with E-state index >= 15 is 0 Å². The highest BCUT2D eigenvalue weighted by Gasteiger charge is 2.45. The molecule has 298 valence electrons. The summed E-state index contributed by atoms with van der Waals surface area (Å²) < 4.78 is 24.9. The normalized spacial score (nSPS) is 15.4. The Bertz CT molecular complexity index is 2630. The zero-order chi connectivity index (χ0) is 41.0. The monoisotopic (exact) mass is 780 g/mol. The lowest BCUT2D eigenvalue weighted by Crippen LogP contribution is -2.61. The van der Waals surface area contributed by atoms with E-state index in [1.54, 1.807) is 0 Å². The zero-order valence-corrected chi connectivity index (χ0v) is 35.8. The molecule has 6 aromatic rings. The van der Waals surface area contributed by atoms with Crippen molar-refractivity contribution in [2.45, 2.75) is 78.6 Å². The van der Waals surface area contributed by atoms with E-state index in [4.69, 9.17) is 18.9 Å². The van der Waals surface area contributed by atoms with E-state index in [0.29, 0.717) is 26.4 Å². The largest absolute Gasteiger partial charge is 0.486 e. The molecule has 0 unspecified atom stereocenters. The van der Waals surface area contributed by atoms with Crippen LogP contribution in [0.5, 0.6) is 23.0 Å². The minimum Gasteiger partial charge on any atom is -0.486 e. The summed E-state index contributed by atoms with van der Waals surface area (Å²) in [5.74, 6) is 3.06. The van der Waals surface area contributed by atoms with Crippen LogP contribution in [0.4, 0.5) is 34.1 Å². The molecule has 10 rings (SSSR count). The number of ether oxygens (including phenoxy) is 4. The Hall–Kier alpha value is -5.82. The maximum Gasteiger partial charge on any atom is 0.252 e. The summed E-state index contributed by atoms with van der Waals surface area (Å²) in [5, 5.41) is 0. The number of fused-ring (bicyclic) bond motifs is 6. The predicted octanol–water partition coefficient (Wildman–Crippen LogP) is 10.9. The van der Waals surface area contributed by atoms with Crippen LogP contribution in [0.1, 0.15) is 79.0 Å². The summed E-state index contributed by atoms with van der Waals surface area (Å²) in [5.41, 5.74) is 16.6. The smallest absolute Gasteiger partial charge is 0.252 e. The number of anilines is 6. The first-order valence-electron chi connectivity index (χ1n) is 21.1. The summed E-state index contributed by atoms with van der Waals surface area (Å²) in [7, 11) is 0. The Morgan fingerprint density at radius 2 is 0.864 bits per heavy atom. The molecule has 0 fully saturated rings. The average molecular weight is 781 g/mol. The lowest BCUT2D eigenvalue weighted by molar-refractivity contribution is 0.171. The fraction of sp³-hybridized carbons (Fsp3) is 0.308. The average Bonchev–Trinajstić information content (AvgIpc) is 3.21. The lowest BCUT2D eigenvalue weighted by Gasteiger charge is -2.45. The molecule has 59 heavy (non-hydrogen) atoms. The summed E-state index contributed by atoms with van der Waals surface area (Å²) in [6.45, 7) is 22.5. The molecule has 0 saturated carbocycles. The van der Waals surface area contributed by atoms with Crippen LogP contribution >= 0.6 is 0 Å². The van der Waals surface area contributed by atoms with Crippen molar-refractivity contribution in [2.75, 3.05) is 36.2 Å². The standard InChI is InChI=1S/C52H53BN2O4/c1-50(2,3)34-12-10-32(11-13-34)33-26-43-49-44(27-33)55(38-19-21-45-46(29-38)57-23-22-56-45)42-31-48-47(58-24-25-59-48)30-40(42)53(49)39-28-36(52(7,8)9)16-20-41(39)54(43)37-17-14-35(15-18-37)51(4,5)6/h10-21,26-31H,22-25H2,1-9H3. The third-order valence-corrected chi connectivity index (χ3v) is 12.5. The highest BCUT2D eigenvalue weighted by molar-refractivity contribution is 7.00. The fourth-order valence-corrected chi connectivity index (χ4v) is 9.17. The van der Waals surface area contributed by atoms with Crippen LogP contribution in [-0.4, -0.2) is 33.1 Å². The van der Waals surface area contributed by atoms with Gasteiger partial charge in [-0.15, -0.1) is 0 Å². The van der Waals surface area contributed by atoms with Gasteiger partial charge in [-0.1, -0.05) is 111 Å². The number of benzene rings is 6. The zero-order valence-electron chi connectivity index (χ0n) is 35.8. The molecular formula is C52H53BN2O4. The van der Waals surface area contributed by atoms with E-state index < -0.39 is 0 Å². The Balaban J connectivity index is 1.30. The van der Waals surface area contributed by atoms with Crippen molar-refractivity contribution in [3.05, 3.63) is 126 Å². The molecule has 6 nitrogen and oxygen atoms in total. The van der Waals surface area contributed by atoms with Crippen molar-refractivity contribution in [2.24, 2.45) is 0 Å². The molecule has 0 atom stereocenters. The molecule has 4 aliphatic heterocycles. The van der Waals surface area contributed by atoms with Crippen LogP contribution in [0.3, 0.4) is 0 Å². The van der Waals surface area contributed by atoms with Gasteiger partial charge >= 0.3 is 0 Å². The van der Waals surface area contributed by atoms with Crippen LogP contribution < -0.4 is 45.1 Å². The Labute approximate surface area is 349 Å². The van der Waals surface area contributed by atoms with Crippen LogP contribution in [0.25, 0.3) is 11.1 Å². The molecule has 4 heterocycles. The van der Waals surface area contributed by atoms with Gasteiger partial charge in [0.1, 0.15) is 26.4 Å². The maximum atomic E-state index is 6.35. The van der Waals surface area contributed by atoms with Crippen molar-refractivity contribution in [1.29, 1.82) is 0 Å². The van der Waals surface area contributed by atoms with E-state index in [1.807, 2.05) is 6.07 Å². The SMILES string of the molecule is CC(C)(C)c1ccc(-c2cc3c4c(c2)N(c2ccc5c(c2)OCCO5)c2cc5c(cc2B4c2cc(C(C)(C)C)ccc2N3c2ccc(C(C)(C)C)cc2)OCCO5)cc1. The van der Waals surface area contributed by atoms with Crippen molar-refractivity contribution in [3.63, 3.8) is 0 Å². The lowest BCUT2D eigenvalue weighted by atomic mass is 9.33. The molecule has 0 bridgehead atoms. The number of hydrogen-bond donors (Lipinski definition) is 0. The van der Waals surface area contributed by atoms with Crippen molar-refractivity contribution < 1.29 is 18.9 Å². The minimum atomic E-state index is -0.0843. The second-order valence-corrected chi connectivity index (χ2v) is 19.6. The molecule has 0 saturated heterocycles. The van der Waals surface area contributed by atoms with Gasteiger partial charge < -0.3 is 28.7 Å². The molecule has 0 aliphatic carbocycles. The van der Waals surface area contributed by atoms with Gasteiger partial charge in [-0.2, -0.15) is 0 Å². The summed E-state index contributed by atoms with van der Waals surface area (Å²) in [6.07, 6.45) is 0. The Kier molecular flexibility index (Phi) is 8.48. The quantitative estimate of drug-likeness (QED) is 0.166. The summed E-state index contributed by atoms with van der Waals surface area (Å²) in [4.78, 5) is 4.91. The molecule has 0 spiro atoms. The molecule has 0 amide bonds. The maximum absolute atomic E-state index is 6.35. The third kappa shape index (κ3) is 6.32. The molecule has 7 heteroatoms. The highest BCUT2D eigenvalue weighted by atomic mass is 16.6. The van der Waals surface area contributed by atoms with E-state index in [0.717, 1.165) is 57.0 Å². The van der Waals surface area contributed by atoms with Crippen LogP contribution in [0.2, 0.25) is 0 Å². The van der Waals surface area contributed by atoms with Gasteiger partial charge in [0.05, 0.1) is 5.69 Å². The first-order valence-corrected chi connectivity index (χ1v) is 21.1. The van der Waals surface area contributed by atoms with E-state index in [-0.39, 0.29) is 23.0 Å². The van der Waals surface area contributed by atoms with E-state index in [1.165, 1.54) is 44.3 Å². The Morgan fingerprint density at radius 1 is 0.390 bits per heavy atom. The molecule has 0 radical (unpaired) electrons. The fourth-order valence-electron chi connectivity index (χ4n) is 9.17. The second-order valence-electron chi connectivity index (χ2n) is 19.6. The molecule has 4 aliphatic rings. The van der Waals surface area contributed by atoms with E-state index in [2.05, 4.69) is 175 Å². The summed E-state index contributed by atoms with van der Waals surface area (Å²) >= 11 is 0. The van der Waals surface area contributed by atoms with Gasteiger partial charge in [0.15, 0.2) is 23.0 Å². The van der Waals surface area contributed by atoms with Gasteiger partial charge in [0, 0.05) is 40.6 Å². The molecule has 6 aromatic carbocycles. The topological polar surface area (TPSA) is 43.4 Å².